The minimum absolute atomic E-state index is 0.165. The average Bonchev–Trinajstić information content (AvgIpc) is 3.41. The van der Waals surface area contributed by atoms with Crippen LogP contribution in [0.5, 0.6) is 0 Å². The number of carbonyl (C=O) groups is 1. The second kappa shape index (κ2) is 9.60. The Bertz CT molecular complexity index is 1170. The van der Waals surface area contributed by atoms with Crippen molar-refractivity contribution in [1.29, 1.82) is 0 Å². The smallest absolute Gasteiger partial charge is 0.251 e. The normalized spacial score (nSPS) is 14.4. The van der Waals surface area contributed by atoms with Crippen molar-refractivity contribution in [3.63, 3.8) is 0 Å². The highest BCUT2D eigenvalue weighted by molar-refractivity contribution is 7.89. The molecule has 1 aliphatic rings. The summed E-state index contributed by atoms with van der Waals surface area (Å²) in [7, 11) is -3.64. The third kappa shape index (κ3) is 5.23. The van der Waals surface area contributed by atoms with Crippen molar-refractivity contribution in [2.75, 3.05) is 13.1 Å². The van der Waals surface area contributed by atoms with Gasteiger partial charge in [0.1, 0.15) is 0 Å². The van der Waals surface area contributed by atoms with Crippen LogP contribution in [0.4, 0.5) is 0 Å². The molecular weight excluding hydrogens is 450 g/mol. The molecule has 1 amide bonds. The molecule has 3 heterocycles. The van der Waals surface area contributed by atoms with Crippen LogP contribution >= 0.6 is 22.7 Å². The van der Waals surface area contributed by atoms with Crippen molar-refractivity contribution < 1.29 is 13.2 Å². The number of nitrogens with one attached hydrogen (secondary N) is 1. The van der Waals surface area contributed by atoms with Crippen LogP contribution < -0.4 is 5.32 Å². The Hall–Kier alpha value is -2.07. The molecule has 2 aromatic heterocycles. The topological polar surface area (TPSA) is 79.4 Å². The van der Waals surface area contributed by atoms with E-state index in [2.05, 4.69) is 10.3 Å². The summed E-state index contributed by atoms with van der Waals surface area (Å²) in [6, 6.07) is 8.31. The van der Waals surface area contributed by atoms with Gasteiger partial charge in [-0.3, -0.25) is 4.79 Å². The van der Waals surface area contributed by atoms with Crippen LogP contribution in [0, 0.1) is 6.92 Å². The second-order valence-corrected chi connectivity index (χ2v) is 11.5. The van der Waals surface area contributed by atoms with Crippen LogP contribution in [0.1, 0.15) is 44.3 Å². The van der Waals surface area contributed by atoms with E-state index < -0.39 is 10.0 Å². The van der Waals surface area contributed by atoms with Gasteiger partial charge < -0.3 is 5.32 Å². The number of hydrogen-bond acceptors (Lipinski definition) is 6. The maximum absolute atomic E-state index is 13.1. The molecule has 6 nitrogen and oxygen atoms in total. The molecule has 0 radical (unpaired) electrons. The van der Waals surface area contributed by atoms with Gasteiger partial charge in [-0.2, -0.15) is 4.31 Å². The van der Waals surface area contributed by atoms with Crippen molar-refractivity contribution in [3.8, 4) is 0 Å². The Morgan fingerprint density at radius 3 is 2.90 bits per heavy atom. The Kier molecular flexibility index (Phi) is 6.86. The van der Waals surface area contributed by atoms with Crippen LogP contribution in [0.25, 0.3) is 0 Å². The average molecular weight is 476 g/mol. The zero-order chi connectivity index (χ0) is 21.8. The highest BCUT2D eigenvalue weighted by Crippen LogP contribution is 2.28. The van der Waals surface area contributed by atoms with Gasteiger partial charge in [-0.1, -0.05) is 6.07 Å². The molecule has 0 unspecified atom stereocenters. The van der Waals surface area contributed by atoms with E-state index in [4.69, 9.17) is 0 Å². The molecule has 0 saturated carbocycles. The number of carbonyl (C=O) groups excluding carboxylic acids is 1. The second-order valence-electron chi connectivity index (χ2n) is 7.58. The zero-order valence-electron chi connectivity index (χ0n) is 17.3. The largest absolute Gasteiger partial charge is 0.352 e. The number of thiazole rings is 1. The molecule has 0 bridgehead atoms. The van der Waals surface area contributed by atoms with Crippen molar-refractivity contribution in [2.45, 2.75) is 44.0 Å². The lowest BCUT2D eigenvalue weighted by Gasteiger charge is -2.26. The van der Waals surface area contributed by atoms with E-state index in [9.17, 15) is 13.2 Å². The summed E-state index contributed by atoms with van der Waals surface area (Å²) in [6.45, 7) is 3.38. The van der Waals surface area contributed by atoms with Gasteiger partial charge in [-0.25, -0.2) is 13.4 Å². The molecule has 9 heteroatoms. The highest BCUT2D eigenvalue weighted by Gasteiger charge is 2.29. The summed E-state index contributed by atoms with van der Waals surface area (Å²) in [4.78, 5) is 18.4. The maximum Gasteiger partial charge on any atom is 0.251 e. The summed E-state index contributed by atoms with van der Waals surface area (Å²) in [5, 5.41) is 8.06. The first kappa shape index (κ1) is 22.1. The first-order valence-corrected chi connectivity index (χ1v) is 13.5. The van der Waals surface area contributed by atoms with Crippen LogP contribution in [0.15, 0.2) is 46.0 Å². The fourth-order valence-electron chi connectivity index (χ4n) is 3.60. The van der Waals surface area contributed by atoms with Gasteiger partial charge in [0.25, 0.3) is 5.91 Å². The summed E-state index contributed by atoms with van der Waals surface area (Å²) in [5.41, 5.74) is 2.48. The highest BCUT2D eigenvalue weighted by atomic mass is 32.2. The van der Waals surface area contributed by atoms with E-state index in [1.807, 2.05) is 23.8 Å². The van der Waals surface area contributed by atoms with E-state index in [0.717, 1.165) is 41.9 Å². The molecule has 3 aromatic rings. The number of sulfonamides is 1. The van der Waals surface area contributed by atoms with Crippen LogP contribution in [0.2, 0.25) is 0 Å². The number of thiophene rings is 1. The van der Waals surface area contributed by atoms with E-state index in [1.165, 1.54) is 15.2 Å². The Morgan fingerprint density at radius 2 is 2.10 bits per heavy atom. The summed E-state index contributed by atoms with van der Waals surface area (Å²) in [5.74, 6) is -0.249. The number of benzene rings is 1. The van der Waals surface area contributed by atoms with Crippen molar-refractivity contribution in [1.82, 2.24) is 14.6 Å². The molecule has 1 aromatic carbocycles. The van der Waals surface area contributed by atoms with Gasteiger partial charge in [-0.05, 0) is 67.8 Å². The van der Waals surface area contributed by atoms with E-state index in [0.29, 0.717) is 25.2 Å². The summed E-state index contributed by atoms with van der Waals surface area (Å²) in [6.07, 6.45) is 3.43. The number of aryl methyl sites for hydroxylation is 2. The van der Waals surface area contributed by atoms with Crippen molar-refractivity contribution in [3.05, 3.63) is 67.8 Å². The Morgan fingerprint density at radius 1 is 1.23 bits per heavy atom. The lowest BCUT2D eigenvalue weighted by Crippen LogP contribution is -2.35. The Labute approximate surface area is 191 Å². The van der Waals surface area contributed by atoms with Gasteiger partial charge in [0, 0.05) is 41.1 Å². The number of unbranched alkanes of at least 4 members (excludes halogenated alkanes) is 1. The maximum atomic E-state index is 13.1. The molecule has 0 spiro atoms. The monoisotopic (exact) mass is 475 g/mol. The molecule has 1 N–H and O–H groups in total. The molecule has 0 fully saturated rings. The first-order chi connectivity index (χ1) is 14.9. The quantitative estimate of drug-likeness (QED) is 0.499. The fourth-order valence-corrected chi connectivity index (χ4v) is 6.77. The number of nitrogens with zero attached hydrogens (tertiary/aromatic N) is 2. The number of amides is 1. The number of hydrogen-bond donors (Lipinski definition) is 1. The molecule has 1 aliphatic heterocycles. The molecular formula is C22H25N3O3S3. The predicted octanol–water partition coefficient (Wildman–Crippen LogP) is 4.01. The minimum Gasteiger partial charge on any atom is -0.352 e. The van der Waals surface area contributed by atoms with Crippen LogP contribution in [-0.2, 0) is 29.4 Å². The molecule has 164 valence electrons. The molecule has 4 rings (SSSR count). The SMILES string of the molecule is Cc1csc(CCCCNC(=O)c2cccc(S(=O)(=O)N3CCc4sccc4C3)c2)n1. The van der Waals surface area contributed by atoms with Crippen LogP contribution in [-0.4, -0.2) is 36.7 Å². The molecule has 0 saturated heterocycles. The van der Waals surface area contributed by atoms with Gasteiger partial charge in [0.15, 0.2) is 0 Å². The molecule has 0 atom stereocenters. The Balaban J connectivity index is 1.33. The third-order valence-corrected chi connectivity index (χ3v) is 9.17. The number of rotatable bonds is 8. The van der Waals surface area contributed by atoms with Crippen LogP contribution in [0.3, 0.4) is 0 Å². The molecule has 31 heavy (non-hydrogen) atoms. The van der Waals surface area contributed by atoms with Crippen molar-refractivity contribution in [2.24, 2.45) is 0 Å². The molecule has 0 aliphatic carbocycles. The van der Waals surface area contributed by atoms with E-state index in [-0.39, 0.29) is 10.8 Å². The zero-order valence-corrected chi connectivity index (χ0v) is 19.8. The van der Waals surface area contributed by atoms with Crippen molar-refractivity contribution >= 4 is 38.6 Å². The summed E-state index contributed by atoms with van der Waals surface area (Å²) < 4.78 is 27.7. The van der Waals surface area contributed by atoms with Gasteiger partial charge >= 0.3 is 0 Å². The number of aromatic nitrogens is 1. The standard InChI is InChI=1S/C22H25N3O3S3/c1-16-15-30-21(24-16)7-2-3-10-23-22(26)17-5-4-6-19(13-17)31(27,28)25-11-8-20-18(14-25)9-12-29-20/h4-6,9,12-13,15H,2-3,7-8,10-11,14H2,1H3,(H,23,26). The number of fused-ring (bicyclic) bond motifs is 1. The summed E-state index contributed by atoms with van der Waals surface area (Å²) >= 11 is 3.34. The lowest BCUT2D eigenvalue weighted by molar-refractivity contribution is 0.0953. The van der Waals surface area contributed by atoms with Gasteiger partial charge in [0.2, 0.25) is 10.0 Å². The fraction of sp³-hybridized carbons (Fsp3) is 0.364. The lowest BCUT2D eigenvalue weighted by atomic mass is 10.1. The predicted molar refractivity (Wildman–Crippen MR) is 124 cm³/mol. The third-order valence-electron chi connectivity index (χ3n) is 5.28. The first-order valence-electron chi connectivity index (χ1n) is 10.3. The van der Waals surface area contributed by atoms with E-state index >= 15 is 0 Å². The van der Waals surface area contributed by atoms with Gasteiger partial charge in [-0.15, -0.1) is 22.7 Å². The minimum atomic E-state index is -3.64. The van der Waals surface area contributed by atoms with E-state index in [1.54, 1.807) is 40.9 Å². The van der Waals surface area contributed by atoms with Gasteiger partial charge in [0.05, 0.1) is 9.90 Å².